The Morgan fingerprint density at radius 2 is 1.71 bits per heavy atom. The third-order valence-electron chi connectivity index (χ3n) is 6.69. The van der Waals surface area contributed by atoms with Gasteiger partial charge in [0.1, 0.15) is 6.61 Å². The number of aromatic nitrogens is 1. The van der Waals surface area contributed by atoms with Gasteiger partial charge in [0.15, 0.2) is 11.5 Å². The highest BCUT2D eigenvalue weighted by Gasteiger charge is 2.34. The van der Waals surface area contributed by atoms with Crippen LogP contribution in [0.25, 0.3) is 11.1 Å². The lowest BCUT2D eigenvalue weighted by molar-refractivity contribution is -0.142. The molecule has 0 radical (unpaired) electrons. The number of carboxylic acids is 1. The molecule has 1 heterocycles. The fraction of sp³-hybridized carbons (Fsp3) is 0.308. The number of benzene rings is 2. The highest BCUT2D eigenvalue weighted by molar-refractivity contribution is 5.92. The Morgan fingerprint density at radius 3 is 2.40 bits per heavy atom. The molecule has 1 saturated carbocycles. The van der Waals surface area contributed by atoms with Crippen LogP contribution in [0.5, 0.6) is 0 Å². The standard InChI is InChI=1S/C26H25N3O6/c30-24(28-22-11-5-10-20(22)25(31)32)23-12-15(35-29-23)13-27-26(33)34-14-21-18-8-3-1-6-16(18)17-7-2-4-9-19(17)21/h1-4,6-9,12,20-22H,5,10-11,13-14H2,(H,27,33)(H,28,30)(H,31,32)/t20-,22+/m0/s1. The van der Waals surface area contributed by atoms with E-state index in [0.29, 0.717) is 12.8 Å². The van der Waals surface area contributed by atoms with Crippen LogP contribution < -0.4 is 10.6 Å². The summed E-state index contributed by atoms with van der Waals surface area (Å²) in [5, 5.41) is 18.3. The Labute approximate surface area is 201 Å². The fourth-order valence-corrected chi connectivity index (χ4v) is 4.98. The molecular formula is C26H25N3O6. The molecule has 0 unspecified atom stereocenters. The van der Waals surface area contributed by atoms with Crippen molar-refractivity contribution in [2.45, 2.75) is 37.8 Å². The van der Waals surface area contributed by atoms with Gasteiger partial charge >= 0.3 is 12.1 Å². The lowest BCUT2D eigenvalue weighted by Crippen LogP contribution is -2.40. The van der Waals surface area contributed by atoms with Gasteiger partial charge in [0.05, 0.1) is 12.5 Å². The summed E-state index contributed by atoms with van der Waals surface area (Å²) in [6.07, 6.45) is 1.28. The second-order valence-electron chi connectivity index (χ2n) is 8.81. The molecule has 1 aromatic heterocycles. The van der Waals surface area contributed by atoms with E-state index in [0.717, 1.165) is 28.7 Å². The number of alkyl carbamates (subject to hydrolysis) is 1. The van der Waals surface area contributed by atoms with Gasteiger partial charge in [-0.25, -0.2) is 4.79 Å². The van der Waals surface area contributed by atoms with Crippen LogP contribution in [-0.2, 0) is 16.1 Å². The van der Waals surface area contributed by atoms with Crippen LogP contribution in [0.2, 0.25) is 0 Å². The quantitative estimate of drug-likeness (QED) is 0.475. The normalized spacial score (nSPS) is 18.5. The molecule has 9 nitrogen and oxygen atoms in total. The zero-order valence-corrected chi connectivity index (χ0v) is 18.9. The number of ether oxygens (including phenoxy) is 1. The number of aliphatic carboxylic acids is 1. The van der Waals surface area contributed by atoms with Crippen LogP contribution >= 0.6 is 0 Å². The number of hydrogen-bond donors (Lipinski definition) is 3. The van der Waals surface area contributed by atoms with Crippen molar-refractivity contribution in [2.75, 3.05) is 6.61 Å². The molecule has 0 spiro atoms. The first-order valence-electron chi connectivity index (χ1n) is 11.6. The van der Waals surface area contributed by atoms with Crippen LogP contribution in [0.1, 0.15) is 52.6 Å². The molecular weight excluding hydrogens is 450 g/mol. The summed E-state index contributed by atoms with van der Waals surface area (Å²) in [4.78, 5) is 36.1. The topological polar surface area (TPSA) is 131 Å². The van der Waals surface area contributed by atoms with Crippen molar-refractivity contribution in [2.24, 2.45) is 5.92 Å². The third kappa shape index (κ3) is 4.62. The van der Waals surface area contributed by atoms with Gasteiger partial charge < -0.3 is 25.0 Å². The van der Waals surface area contributed by atoms with E-state index in [-0.39, 0.29) is 30.5 Å². The van der Waals surface area contributed by atoms with Crippen LogP contribution in [0, 0.1) is 5.92 Å². The molecule has 2 aromatic carbocycles. The van der Waals surface area contributed by atoms with Gasteiger partial charge in [0.2, 0.25) is 0 Å². The van der Waals surface area contributed by atoms with E-state index in [1.54, 1.807) is 0 Å². The summed E-state index contributed by atoms with van der Waals surface area (Å²) in [6, 6.07) is 17.2. The van der Waals surface area contributed by atoms with Gasteiger partial charge in [-0.2, -0.15) is 0 Å². The molecule has 0 aliphatic heterocycles. The van der Waals surface area contributed by atoms with E-state index in [4.69, 9.17) is 9.26 Å². The fourth-order valence-electron chi connectivity index (χ4n) is 4.98. The summed E-state index contributed by atoms with van der Waals surface area (Å²) in [7, 11) is 0. The number of nitrogens with one attached hydrogen (secondary N) is 2. The second-order valence-corrected chi connectivity index (χ2v) is 8.81. The van der Waals surface area contributed by atoms with Gasteiger partial charge in [-0.1, -0.05) is 60.1 Å². The average molecular weight is 476 g/mol. The predicted octanol–water partition coefficient (Wildman–Crippen LogP) is 3.70. The van der Waals surface area contributed by atoms with Crippen LogP contribution in [0.15, 0.2) is 59.1 Å². The first-order chi connectivity index (χ1) is 17.0. The molecule has 2 amide bonds. The minimum absolute atomic E-state index is 0.00185. The summed E-state index contributed by atoms with van der Waals surface area (Å²) in [5.41, 5.74) is 4.58. The molecule has 5 rings (SSSR count). The Bertz CT molecular complexity index is 1220. The molecule has 2 aliphatic carbocycles. The largest absolute Gasteiger partial charge is 0.481 e. The maximum absolute atomic E-state index is 12.4. The van der Waals surface area contributed by atoms with Gasteiger partial charge in [-0.05, 0) is 35.1 Å². The number of carbonyl (C=O) groups is 3. The van der Waals surface area contributed by atoms with Gasteiger partial charge in [-0.3, -0.25) is 9.59 Å². The van der Waals surface area contributed by atoms with E-state index in [1.165, 1.54) is 6.07 Å². The summed E-state index contributed by atoms with van der Waals surface area (Å²) in [6.45, 7) is 0.189. The lowest BCUT2D eigenvalue weighted by atomic mass is 9.98. The Kier molecular flexibility index (Phi) is 6.22. The van der Waals surface area contributed by atoms with Crippen molar-refractivity contribution in [3.8, 4) is 11.1 Å². The first kappa shape index (κ1) is 22.6. The van der Waals surface area contributed by atoms with Crippen molar-refractivity contribution in [3.05, 3.63) is 77.2 Å². The van der Waals surface area contributed by atoms with E-state index in [2.05, 4.69) is 27.9 Å². The number of amides is 2. The van der Waals surface area contributed by atoms with Gasteiger partial charge in [-0.15, -0.1) is 0 Å². The maximum Gasteiger partial charge on any atom is 0.407 e. The first-order valence-corrected chi connectivity index (χ1v) is 11.6. The van der Waals surface area contributed by atoms with E-state index in [1.807, 2.05) is 36.4 Å². The molecule has 2 atom stereocenters. The average Bonchev–Trinajstić information content (AvgIpc) is 3.59. The SMILES string of the molecule is O=C(NCc1cc(C(=O)N[C@@H]2CCC[C@@H]2C(=O)O)no1)OCC1c2ccccc2-c2ccccc21. The summed E-state index contributed by atoms with van der Waals surface area (Å²) < 4.78 is 10.6. The highest BCUT2D eigenvalue weighted by atomic mass is 16.5. The van der Waals surface area contributed by atoms with Gasteiger partial charge in [0.25, 0.3) is 5.91 Å². The van der Waals surface area contributed by atoms with E-state index >= 15 is 0 Å². The van der Waals surface area contributed by atoms with Crippen molar-refractivity contribution >= 4 is 18.0 Å². The highest BCUT2D eigenvalue weighted by Crippen LogP contribution is 2.44. The number of carbonyl (C=O) groups excluding carboxylic acids is 2. The molecule has 9 heteroatoms. The second kappa shape index (κ2) is 9.61. The molecule has 3 N–H and O–H groups in total. The van der Waals surface area contributed by atoms with Gasteiger partial charge in [0, 0.05) is 18.0 Å². The van der Waals surface area contributed by atoms with Crippen LogP contribution in [-0.4, -0.2) is 40.9 Å². The minimum atomic E-state index is -0.916. The Balaban J connectivity index is 1.14. The number of rotatable bonds is 7. The number of hydrogen-bond acceptors (Lipinski definition) is 6. The number of nitrogens with zero attached hydrogens (tertiary/aromatic N) is 1. The zero-order valence-electron chi connectivity index (χ0n) is 18.9. The van der Waals surface area contributed by atoms with Crippen molar-refractivity contribution in [1.82, 2.24) is 15.8 Å². The minimum Gasteiger partial charge on any atom is -0.481 e. The number of carboxylic acid groups (broad SMARTS) is 1. The van der Waals surface area contributed by atoms with Crippen molar-refractivity contribution in [1.29, 1.82) is 0 Å². The molecule has 3 aromatic rings. The van der Waals surface area contributed by atoms with Crippen LogP contribution in [0.3, 0.4) is 0 Å². The zero-order chi connectivity index (χ0) is 24.4. The monoisotopic (exact) mass is 475 g/mol. The summed E-state index contributed by atoms with van der Waals surface area (Å²) in [5.74, 6) is -1.77. The molecule has 0 saturated heterocycles. The van der Waals surface area contributed by atoms with Crippen molar-refractivity contribution in [3.63, 3.8) is 0 Å². The Morgan fingerprint density at radius 1 is 1.03 bits per heavy atom. The molecule has 1 fully saturated rings. The molecule has 2 aliphatic rings. The Hall–Kier alpha value is -4.14. The third-order valence-corrected chi connectivity index (χ3v) is 6.69. The van der Waals surface area contributed by atoms with E-state index < -0.39 is 29.9 Å². The van der Waals surface area contributed by atoms with Crippen LogP contribution in [0.4, 0.5) is 4.79 Å². The smallest absolute Gasteiger partial charge is 0.407 e. The van der Waals surface area contributed by atoms with E-state index in [9.17, 15) is 19.5 Å². The number of fused-ring (bicyclic) bond motifs is 3. The van der Waals surface area contributed by atoms with Crippen molar-refractivity contribution < 1.29 is 28.8 Å². The molecule has 0 bridgehead atoms. The molecule has 180 valence electrons. The maximum atomic E-state index is 12.4. The predicted molar refractivity (Wildman–Crippen MR) is 125 cm³/mol. The molecule has 35 heavy (non-hydrogen) atoms. The summed E-state index contributed by atoms with van der Waals surface area (Å²) >= 11 is 0. The lowest BCUT2D eigenvalue weighted by Gasteiger charge is -2.16.